The molecule has 1 atom stereocenters. The maximum absolute atomic E-state index is 12.3. The van der Waals surface area contributed by atoms with Gasteiger partial charge in [-0.15, -0.1) is 0 Å². The molecule has 0 radical (unpaired) electrons. The number of rotatable bonds is 5. The third-order valence-electron chi connectivity index (χ3n) is 3.52. The average molecular weight is 339 g/mol. The highest BCUT2D eigenvalue weighted by Crippen LogP contribution is 2.20. The number of anilines is 1. The van der Waals surface area contributed by atoms with Crippen molar-refractivity contribution in [3.63, 3.8) is 0 Å². The van der Waals surface area contributed by atoms with Gasteiger partial charge in [-0.2, -0.15) is 5.10 Å². The molecular formula is C16H25N3O3S. The van der Waals surface area contributed by atoms with E-state index >= 15 is 0 Å². The van der Waals surface area contributed by atoms with E-state index in [0.717, 1.165) is 16.3 Å². The molecule has 7 heteroatoms. The van der Waals surface area contributed by atoms with Crippen LogP contribution in [0, 0.1) is 5.41 Å². The number of benzene rings is 1. The van der Waals surface area contributed by atoms with Gasteiger partial charge in [-0.05, 0) is 26.0 Å². The number of carbonyl (C=O) groups is 1. The van der Waals surface area contributed by atoms with Crippen LogP contribution in [-0.4, -0.2) is 32.3 Å². The molecule has 0 heterocycles. The number of hydrazone groups is 1. The minimum atomic E-state index is -3.61. The SMILES string of the molecule is C/C(=N/NC(=O)[C@H](C)N(c1ccccc1)S(C)(=O)=O)C(C)(C)C. The van der Waals surface area contributed by atoms with Gasteiger partial charge in [0.2, 0.25) is 10.0 Å². The predicted molar refractivity (Wildman–Crippen MR) is 93.9 cm³/mol. The van der Waals surface area contributed by atoms with Crippen LogP contribution in [0.4, 0.5) is 5.69 Å². The van der Waals surface area contributed by atoms with Crippen LogP contribution >= 0.6 is 0 Å². The third kappa shape index (κ3) is 5.35. The van der Waals surface area contributed by atoms with Crippen LogP contribution in [0.1, 0.15) is 34.6 Å². The van der Waals surface area contributed by atoms with E-state index in [9.17, 15) is 13.2 Å². The van der Waals surface area contributed by atoms with Gasteiger partial charge in [0, 0.05) is 11.1 Å². The van der Waals surface area contributed by atoms with Crippen molar-refractivity contribution in [3.05, 3.63) is 30.3 Å². The van der Waals surface area contributed by atoms with E-state index in [1.165, 1.54) is 6.92 Å². The Balaban J connectivity index is 3.03. The smallest absolute Gasteiger partial charge is 0.263 e. The molecule has 128 valence electrons. The molecule has 0 fully saturated rings. The molecule has 0 spiro atoms. The van der Waals surface area contributed by atoms with Gasteiger partial charge in [-0.25, -0.2) is 13.8 Å². The van der Waals surface area contributed by atoms with Crippen molar-refractivity contribution in [3.8, 4) is 0 Å². The summed E-state index contributed by atoms with van der Waals surface area (Å²) in [5.74, 6) is -0.483. The summed E-state index contributed by atoms with van der Waals surface area (Å²) in [6.45, 7) is 9.29. The number of sulfonamides is 1. The normalized spacial score (nSPS) is 14.3. The van der Waals surface area contributed by atoms with Crippen LogP contribution in [0.5, 0.6) is 0 Å². The molecule has 1 N–H and O–H groups in total. The molecule has 1 aromatic rings. The first kappa shape index (κ1) is 19.2. The summed E-state index contributed by atoms with van der Waals surface area (Å²) in [5, 5.41) is 4.07. The molecule has 1 amide bonds. The zero-order valence-electron chi connectivity index (χ0n) is 14.5. The molecule has 0 unspecified atom stereocenters. The van der Waals surface area contributed by atoms with E-state index in [4.69, 9.17) is 0 Å². The first-order chi connectivity index (χ1) is 10.4. The first-order valence-corrected chi connectivity index (χ1v) is 9.18. The van der Waals surface area contributed by atoms with E-state index in [1.807, 2.05) is 27.7 Å². The van der Waals surface area contributed by atoms with Crippen molar-refractivity contribution < 1.29 is 13.2 Å². The Morgan fingerprint density at radius 1 is 1.22 bits per heavy atom. The number of hydrogen-bond acceptors (Lipinski definition) is 4. The number of nitrogens with one attached hydrogen (secondary N) is 1. The van der Waals surface area contributed by atoms with Gasteiger partial charge in [-0.1, -0.05) is 39.0 Å². The number of nitrogens with zero attached hydrogens (tertiary/aromatic N) is 2. The van der Waals surface area contributed by atoms with Crippen molar-refractivity contribution in [2.45, 2.75) is 40.7 Å². The number of carbonyl (C=O) groups excluding carboxylic acids is 1. The second kappa shape index (κ2) is 7.12. The fourth-order valence-electron chi connectivity index (χ4n) is 1.78. The first-order valence-electron chi connectivity index (χ1n) is 7.33. The van der Waals surface area contributed by atoms with E-state index in [2.05, 4.69) is 10.5 Å². The lowest BCUT2D eigenvalue weighted by Gasteiger charge is -2.27. The zero-order valence-corrected chi connectivity index (χ0v) is 15.3. The van der Waals surface area contributed by atoms with Gasteiger partial charge in [0.1, 0.15) is 6.04 Å². The molecule has 0 aliphatic carbocycles. The Labute approximate surface area is 138 Å². The Morgan fingerprint density at radius 3 is 2.17 bits per heavy atom. The molecule has 0 aromatic heterocycles. The molecule has 23 heavy (non-hydrogen) atoms. The summed E-state index contributed by atoms with van der Waals surface area (Å²) in [7, 11) is -3.61. The minimum Gasteiger partial charge on any atom is -0.271 e. The van der Waals surface area contributed by atoms with Gasteiger partial charge < -0.3 is 0 Å². The Morgan fingerprint density at radius 2 is 1.74 bits per heavy atom. The second-order valence-corrected chi connectivity index (χ2v) is 8.35. The molecule has 1 aromatic carbocycles. The van der Waals surface area contributed by atoms with Crippen LogP contribution in [0.3, 0.4) is 0 Å². The molecule has 0 saturated carbocycles. The fraction of sp³-hybridized carbons (Fsp3) is 0.500. The molecule has 0 saturated heterocycles. The standard InChI is InChI=1S/C16H25N3O3S/c1-12(15(20)18-17-13(2)16(3,4)5)19(23(6,21)22)14-10-8-7-9-11-14/h7-12H,1-6H3,(H,18,20)/b17-13-/t12-/m0/s1. The Kier molecular flexibility index (Phi) is 5.93. The summed E-state index contributed by atoms with van der Waals surface area (Å²) >= 11 is 0. The highest BCUT2D eigenvalue weighted by Gasteiger charge is 2.29. The molecular weight excluding hydrogens is 314 g/mol. The largest absolute Gasteiger partial charge is 0.271 e. The van der Waals surface area contributed by atoms with Crippen LogP contribution in [0.2, 0.25) is 0 Å². The van der Waals surface area contributed by atoms with E-state index in [1.54, 1.807) is 30.3 Å². The topological polar surface area (TPSA) is 78.8 Å². The number of hydrogen-bond donors (Lipinski definition) is 1. The molecule has 0 aliphatic heterocycles. The third-order valence-corrected chi connectivity index (χ3v) is 4.76. The molecule has 0 bridgehead atoms. The van der Waals surface area contributed by atoms with Crippen molar-refractivity contribution >= 4 is 27.3 Å². The summed E-state index contributed by atoms with van der Waals surface area (Å²) in [6, 6.07) is 7.61. The predicted octanol–water partition coefficient (Wildman–Crippen LogP) is 2.38. The van der Waals surface area contributed by atoms with E-state index in [-0.39, 0.29) is 5.41 Å². The monoisotopic (exact) mass is 339 g/mol. The average Bonchev–Trinajstić information content (AvgIpc) is 2.43. The Bertz CT molecular complexity index is 676. The fourth-order valence-corrected chi connectivity index (χ4v) is 2.96. The summed E-state index contributed by atoms with van der Waals surface area (Å²) in [5.41, 5.74) is 3.47. The summed E-state index contributed by atoms with van der Waals surface area (Å²) < 4.78 is 25.3. The number of amides is 1. The van der Waals surface area contributed by atoms with Gasteiger partial charge in [-0.3, -0.25) is 9.10 Å². The van der Waals surface area contributed by atoms with E-state index in [0.29, 0.717) is 5.69 Å². The Hall–Kier alpha value is -1.89. The lowest BCUT2D eigenvalue weighted by molar-refractivity contribution is -0.121. The van der Waals surface area contributed by atoms with Gasteiger partial charge in [0.05, 0.1) is 11.9 Å². The van der Waals surface area contributed by atoms with Gasteiger partial charge >= 0.3 is 0 Å². The number of para-hydroxylation sites is 1. The van der Waals surface area contributed by atoms with Crippen LogP contribution in [-0.2, 0) is 14.8 Å². The highest BCUT2D eigenvalue weighted by molar-refractivity contribution is 7.92. The van der Waals surface area contributed by atoms with Crippen LogP contribution < -0.4 is 9.73 Å². The van der Waals surface area contributed by atoms with Gasteiger partial charge in [0.15, 0.2) is 0 Å². The second-order valence-electron chi connectivity index (χ2n) is 6.49. The maximum atomic E-state index is 12.3. The van der Waals surface area contributed by atoms with Crippen molar-refractivity contribution in [1.82, 2.24) is 5.43 Å². The molecule has 6 nitrogen and oxygen atoms in total. The van der Waals surface area contributed by atoms with Crippen LogP contribution in [0.25, 0.3) is 0 Å². The van der Waals surface area contributed by atoms with Crippen molar-refractivity contribution in [1.29, 1.82) is 0 Å². The van der Waals surface area contributed by atoms with Gasteiger partial charge in [0.25, 0.3) is 5.91 Å². The van der Waals surface area contributed by atoms with Crippen LogP contribution in [0.15, 0.2) is 35.4 Å². The van der Waals surface area contributed by atoms with Crippen molar-refractivity contribution in [2.75, 3.05) is 10.6 Å². The molecule has 1 rings (SSSR count). The molecule has 0 aliphatic rings. The zero-order chi connectivity index (χ0) is 17.8. The quantitative estimate of drug-likeness (QED) is 0.661. The van der Waals surface area contributed by atoms with Crippen molar-refractivity contribution in [2.24, 2.45) is 10.5 Å². The summed E-state index contributed by atoms with van der Waals surface area (Å²) in [6.07, 6.45) is 1.08. The lowest BCUT2D eigenvalue weighted by Crippen LogP contribution is -2.47. The summed E-state index contributed by atoms with van der Waals surface area (Å²) in [4.78, 5) is 12.3. The minimum absolute atomic E-state index is 0.174. The lowest BCUT2D eigenvalue weighted by atomic mass is 9.91. The maximum Gasteiger partial charge on any atom is 0.263 e. The highest BCUT2D eigenvalue weighted by atomic mass is 32.2. The van der Waals surface area contributed by atoms with E-state index < -0.39 is 22.0 Å².